The molecule has 0 unspecified atom stereocenters. The Hall–Kier alpha value is -0.990. The largest absolute Gasteiger partial charge is 0.503 e. The van der Waals surface area contributed by atoms with Gasteiger partial charge in [0.25, 0.3) is 0 Å². The molecule has 3 heteroatoms. The van der Waals surface area contributed by atoms with Crippen LogP contribution in [0.3, 0.4) is 0 Å². The zero-order valence-electron chi connectivity index (χ0n) is 8.78. The summed E-state index contributed by atoms with van der Waals surface area (Å²) in [6.45, 7) is 2.21. The molecule has 82 valence electrons. The normalized spacial score (nSPS) is 17.5. The molecule has 0 atom stereocenters. The average Bonchev–Trinajstić information content (AvgIpc) is 2.15. The van der Waals surface area contributed by atoms with E-state index in [0.717, 1.165) is 5.92 Å². The van der Waals surface area contributed by atoms with Crippen LogP contribution >= 0.6 is 0 Å². The lowest BCUT2D eigenvalue weighted by atomic mass is 9.89. The van der Waals surface area contributed by atoms with E-state index in [2.05, 4.69) is 19.1 Å². The molecule has 0 heterocycles. The second kappa shape index (κ2) is 8.60. The van der Waals surface area contributed by atoms with Gasteiger partial charge in [0, 0.05) is 0 Å². The van der Waals surface area contributed by atoms with Gasteiger partial charge in [-0.15, -0.1) is 0 Å². The summed E-state index contributed by atoms with van der Waals surface area (Å²) < 4.78 is 0. The Morgan fingerprint density at radius 3 is 2.21 bits per heavy atom. The molecule has 1 aliphatic rings. The van der Waals surface area contributed by atoms with Crippen LogP contribution in [0.5, 0.6) is 0 Å². The van der Waals surface area contributed by atoms with Crippen molar-refractivity contribution >= 4 is 6.16 Å². The van der Waals surface area contributed by atoms with Crippen LogP contribution in [0.1, 0.15) is 45.4 Å². The highest BCUT2D eigenvalue weighted by Crippen LogP contribution is 2.24. The summed E-state index contributed by atoms with van der Waals surface area (Å²) >= 11 is 0. The lowest BCUT2D eigenvalue weighted by molar-refractivity contribution is 0.137. The van der Waals surface area contributed by atoms with Gasteiger partial charge in [-0.25, -0.2) is 4.79 Å². The number of hydrogen-bond acceptors (Lipinski definition) is 1. The van der Waals surface area contributed by atoms with Crippen molar-refractivity contribution in [1.82, 2.24) is 0 Å². The number of rotatable bonds is 2. The Balaban J connectivity index is 0.000000364. The molecule has 1 aliphatic carbocycles. The standard InChI is InChI=1S/C10H18.CH2O3/c1-2-3-7-10-8-5-4-6-9-10;2-1(3)4/h3,7,10H,2,4-6,8-9H2,1H3;(H2,2,3,4)/b7-3+;. The Morgan fingerprint density at radius 1 is 1.29 bits per heavy atom. The third-order valence-corrected chi connectivity index (χ3v) is 2.29. The van der Waals surface area contributed by atoms with E-state index in [1.54, 1.807) is 0 Å². The van der Waals surface area contributed by atoms with Crippen molar-refractivity contribution in [2.45, 2.75) is 45.4 Å². The molecule has 1 rings (SSSR count). The van der Waals surface area contributed by atoms with Gasteiger partial charge in [0.2, 0.25) is 0 Å². The van der Waals surface area contributed by atoms with Crippen molar-refractivity contribution < 1.29 is 15.0 Å². The van der Waals surface area contributed by atoms with Crippen LogP contribution in [0, 0.1) is 5.92 Å². The number of carboxylic acid groups (broad SMARTS) is 2. The second-order valence-corrected chi connectivity index (χ2v) is 3.52. The fourth-order valence-electron chi connectivity index (χ4n) is 1.66. The number of hydrogen-bond donors (Lipinski definition) is 2. The van der Waals surface area contributed by atoms with E-state index in [4.69, 9.17) is 15.0 Å². The molecule has 2 N–H and O–H groups in total. The van der Waals surface area contributed by atoms with Crippen LogP contribution in [0.15, 0.2) is 12.2 Å². The number of allylic oxidation sites excluding steroid dienone is 2. The maximum absolute atomic E-state index is 8.56. The predicted molar refractivity (Wildman–Crippen MR) is 56.7 cm³/mol. The highest BCUT2D eigenvalue weighted by atomic mass is 16.6. The molecule has 0 spiro atoms. The fraction of sp³-hybridized carbons (Fsp3) is 0.727. The van der Waals surface area contributed by atoms with Gasteiger partial charge in [-0.05, 0) is 25.2 Å². The highest BCUT2D eigenvalue weighted by molar-refractivity contribution is 5.53. The molecule has 1 fully saturated rings. The van der Waals surface area contributed by atoms with Crippen LogP contribution in [0.4, 0.5) is 4.79 Å². The van der Waals surface area contributed by atoms with Crippen LogP contribution in [0.25, 0.3) is 0 Å². The van der Waals surface area contributed by atoms with E-state index in [0.29, 0.717) is 0 Å². The monoisotopic (exact) mass is 200 g/mol. The van der Waals surface area contributed by atoms with E-state index in [1.807, 2.05) is 0 Å². The van der Waals surface area contributed by atoms with Crippen molar-refractivity contribution in [1.29, 1.82) is 0 Å². The molecule has 0 aromatic carbocycles. The van der Waals surface area contributed by atoms with Crippen LogP contribution in [0.2, 0.25) is 0 Å². The molecular weight excluding hydrogens is 180 g/mol. The summed E-state index contributed by atoms with van der Waals surface area (Å²) in [5, 5.41) is 13.9. The van der Waals surface area contributed by atoms with Gasteiger partial charge >= 0.3 is 6.16 Å². The lowest BCUT2D eigenvalue weighted by Gasteiger charge is -2.17. The van der Waals surface area contributed by atoms with Gasteiger partial charge in [0.05, 0.1) is 0 Å². The highest BCUT2D eigenvalue weighted by Gasteiger charge is 2.08. The van der Waals surface area contributed by atoms with Gasteiger partial charge < -0.3 is 10.2 Å². The quantitative estimate of drug-likeness (QED) is 0.667. The second-order valence-electron chi connectivity index (χ2n) is 3.52. The molecule has 0 amide bonds. The Labute approximate surface area is 85.4 Å². The topological polar surface area (TPSA) is 57.5 Å². The Morgan fingerprint density at radius 2 is 1.79 bits per heavy atom. The van der Waals surface area contributed by atoms with Crippen LogP contribution < -0.4 is 0 Å². The van der Waals surface area contributed by atoms with Crippen molar-refractivity contribution in [3.63, 3.8) is 0 Å². The van der Waals surface area contributed by atoms with E-state index in [9.17, 15) is 0 Å². The van der Waals surface area contributed by atoms with E-state index in [-0.39, 0.29) is 0 Å². The molecule has 0 aromatic rings. The van der Waals surface area contributed by atoms with Gasteiger partial charge in [-0.1, -0.05) is 38.3 Å². The molecule has 0 bridgehead atoms. The SMILES string of the molecule is CC/C=C/C1CCCCC1.O=C(O)O. The van der Waals surface area contributed by atoms with Crippen molar-refractivity contribution in [3.8, 4) is 0 Å². The van der Waals surface area contributed by atoms with Crippen molar-refractivity contribution in [3.05, 3.63) is 12.2 Å². The summed E-state index contributed by atoms with van der Waals surface area (Å²) in [6.07, 6.45) is 11.4. The maximum atomic E-state index is 8.56. The maximum Gasteiger partial charge on any atom is 0.503 e. The zero-order valence-corrected chi connectivity index (χ0v) is 8.78. The van der Waals surface area contributed by atoms with Crippen LogP contribution in [-0.2, 0) is 0 Å². The third kappa shape index (κ3) is 9.10. The molecular formula is C11H20O3. The van der Waals surface area contributed by atoms with Gasteiger partial charge in [0.1, 0.15) is 0 Å². The molecule has 1 saturated carbocycles. The predicted octanol–water partition coefficient (Wildman–Crippen LogP) is 3.76. The van der Waals surface area contributed by atoms with Crippen LogP contribution in [-0.4, -0.2) is 16.4 Å². The zero-order chi connectivity index (χ0) is 10.8. The van der Waals surface area contributed by atoms with Crippen molar-refractivity contribution in [2.75, 3.05) is 0 Å². The number of carbonyl (C=O) groups is 1. The first kappa shape index (κ1) is 13.0. The average molecular weight is 200 g/mol. The van der Waals surface area contributed by atoms with Gasteiger partial charge in [-0.2, -0.15) is 0 Å². The van der Waals surface area contributed by atoms with E-state index in [1.165, 1.54) is 38.5 Å². The molecule has 14 heavy (non-hydrogen) atoms. The first-order valence-electron chi connectivity index (χ1n) is 5.25. The minimum absolute atomic E-state index is 0.925. The summed E-state index contributed by atoms with van der Waals surface area (Å²) in [5.41, 5.74) is 0. The minimum Gasteiger partial charge on any atom is -0.450 e. The molecule has 0 aliphatic heterocycles. The minimum atomic E-state index is -1.83. The Kier molecular flexibility index (Phi) is 7.99. The first-order chi connectivity index (χ1) is 6.66. The van der Waals surface area contributed by atoms with Crippen molar-refractivity contribution in [2.24, 2.45) is 5.92 Å². The summed E-state index contributed by atoms with van der Waals surface area (Å²) in [5.74, 6) is 0.925. The molecule has 3 nitrogen and oxygen atoms in total. The van der Waals surface area contributed by atoms with E-state index >= 15 is 0 Å². The summed E-state index contributed by atoms with van der Waals surface area (Å²) in [6, 6.07) is 0. The first-order valence-corrected chi connectivity index (χ1v) is 5.25. The lowest BCUT2D eigenvalue weighted by Crippen LogP contribution is -2.02. The van der Waals surface area contributed by atoms with E-state index < -0.39 is 6.16 Å². The molecule has 0 saturated heterocycles. The van der Waals surface area contributed by atoms with Gasteiger partial charge in [-0.3, -0.25) is 0 Å². The third-order valence-electron chi connectivity index (χ3n) is 2.29. The molecule has 0 radical (unpaired) electrons. The Bertz CT molecular complexity index is 165. The summed E-state index contributed by atoms with van der Waals surface area (Å²) in [4.78, 5) is 8.56. The smallest absolute Gasteiger partial charge is 0.450 e. The molecule has 0 aromatic heterocycles. The summed E-state index contributed by atoms with van der Waals surface area (Å²) in [7, 11) is 0. The van der Waals surface area contributed by atoms with Gasteiger partial charge in [0.15, 0.2) is 0 Å². The fourth-order valence-corrected chi connectivity index (χ4v) is 1.66.